The molecule has 0 unspecified atom stereocenters. The standard InChI is InChI=1S/C15H12N2O3S/c1-20-13-5-4-10(8-16)7-11(13)9-21-14-12(15(18)19)3-2-6-17-14/h2-7H,9H2,1H3,(H,18,19). The molecule has 1 N–H and O–H groups in total. The summed E-state index contributed by atoms with van der Waals surface area (Å²) in [5.74, 6) is 0.119. The molecular weight excluding hydrogens is 288 g/mol. The number of hydrogen-bond donors (Lipinski definition) is 1. The summed E-state index contributed by atoms with van der Waals surface area (Å²) in [4.78, 5) is 15.2. The second kappa shape index (κ2) is 6.77. The minimum atomic E-state index is -1.01. The van der Waals surface area contributed by atoms with Gasteiger partial charge in [-0.2, -0.15) is 5.26 Å². The third kappa shape index (κ3) is 3.52. The summed E-state index contributed by atoms with van der Waals surface area (Å²) in [5.41, 5.74) is 1.52. The average Bonchev–Trinajstić information content (AvgIpc) is 2.52. The fraction of sp³-hybridized carbons (Fsp3) is 0.133. The first-order valence-corrected chi connectivity index (χ1v) is 7.02. The maximum atomic E-state index is 11.1. The SMILES string of the molecule is COc1ccc(C#N)cc1CSc1ncccc1C(=O)O. The fourth-order valence-corrected chi connectivity index (χ4v) is 2.74. The van der Waals surface area contributed by atoms with E-state index >= 15 is 0 Å². The Hall–Kier alpha value is -2.52. The van der Waals surface area contributed by atoms with Crippen molar-refractivity contribution in [2.24, 2.45) is 0 Å². The number of aromatic nitrogens is 1. The van der Waals surface area contributed by atoms with Gasteiger partial charge in [-0.1, -0.05) is 0 Å². The fourth-order valence-electron chi connectivity index (χ4n) is 1.78. The third-order valence-electron chi connectivity index (χ3n) is 2.78. The van der Waals surface area contributed by atoms with E-state index in [1.807, 2.05) is 0 Å². The maximum absolute atomic E-state index is 11.1. The summed E-state index contributed by atoms with van der Waals surface area (Å²) < 4.78 is 5.25. The Labute approximate surface area is 126 Å². The molecule has 21 heavy (non-hydrogen) atoms. The monoisotopic (exact) mass is 300 g/mol. The summed E-state index contributed by atoms with van der Waals surface area (Å²) in [6.07, 6.45) is 1.55. The Morgan fingerprint density at radius 1 is 1.48 bits per heavy atom. The highest BCUT2D eigenvalue weighted by atomic mass is 32.2. The molecule has 0 aliphatic rings. The number of rotatable bonds is 5. The van der Waals surface area contributed by atoms with E-state index in [0.29, 0.717) is 22.1 Å². The highest BCUT2D eigenvalue weighted by Crippen LogP contribution is 2.29. The van der Waals surface area contributed by atoms with E-state index in [2.05, 4.69) is 11.1 Å². The van der Waals surface area contributed by atoms with Crippen LogP contribution < -0.4 is 4.74 Å². The molecule has 2 rings (SSSR count). The van der Waals surface area contributed by atoms with Crippen LogP contribution in [-0.2, 0) is 5.75 Å². The van der Waals surface area contributed by atoms with Gasteiger partial charge in [0.05, 0.1) is 24.3 Å². The molecule has 0 saturated carbocycles. The Balaban J connectivity index is 2.24. The van der Waals surface area contributed by atoms with Crippen LogP contribution >= 0.6 is 11.8 Å². The van der Waals surface area contributed by atoms with Crippen molar-refractivity contribution in [3.8, 4) is 11.8 Å². The normalized spacial score (nSPS) is 9.90. The second-order valence-electron chi connectivity index (χ2n) is 4.09. The van der Waals surface area contributed by atoms with E-state index in [-0.39, 0.29) is 5.56 Å². The van der Waals surface area contributed by atoms with Gasteiger partial charge in [0.1, 0.15) is 10.8 Å². The van der Waals surface area contributed by atoms with Gasteiger partial charge in [0.15, 0.2) is 0 Å². The molecule has 1 aromatic heterocycles. The van der Waals surface area contributed by atoms with Crippen LogP contribution in [0.25, 0.3) is 0 Å². The van der Waals surface area contributed by atoms with Gasteiger partial charge in [-0.3, -0.25) is 0 Å². The van der Waals surface area contributed by atoms with Crippen LogP contribution in [0.5, 0.6) is 5.75 Å². The number of aromatic carboxylic acids is 1. The van der Waals surface area contributed by atoms with Crippen LogP contribution in [0.4, 0.5) is 0 Å². The number of thioether (sulfide) groups is 1. The van der Waals surface area contributed by atoms with Gasteiger partial charge in [0.25, 0.3) is 0 Å². The summed E-state index contributed by atoms with van der Waals surface area (Å²) in [6, 6.07) is 10.3. The number of benzene rings is 1. The molecule has 1 aromatic carbocycles. The zero-order valence-electron chi connectivity index (χ0n) is 11.2. The lowest BCUT2D eigenvalue weighted by atomic mass is 10.1. The van der Waals surface area contributed by atoms with Crippen molar-refractivity contribution < 1.29 is 14.6 Å². The summed E-state index contributed by atoms with van der Waals surface area (Å²) in [6.45, 7) is 0. The molecule has 1 heterocycles. The third-order valence-corrected chi connectivity index (χ3v) is 3.83. The Kier molecular flexibility index (Phi) is 4.80. The topological polar surface area (TPSA) is 83.2 Å². The summed E-state index contributed by atoms with van der Waals surface area (Å²) >= 11 is 1.30. The van der Waals surface area contributed by atoms with Crippen molar-refractivity contribution in [2.45, 2.75) is 10.8 Å². The average molecular weight is 300 g/mol. The van der Waals surface area contributed by atoms with Crippen molar-refractivity contribution >= 4 is 17.7 Å². The molecule has 106 valence electrons. The molecule has 6 heteroatoms. The van der Waals surface area contributed by atoms with E-state index in [1.54, 1.807) is 37.6 Å². The number of nitriles is 1. The molecular formula is C15H12N2O3S. The Morgan fingerprint density at radius 2 is 2.29 bits per heavy atom. The lowest BCUT2D eigenvalue weighted by Gasteiger charge is -2.09. The molecule has 0 atom stereocenters. The first-order valence-electron chi connectivity index (χ1n) is 6.04. The Morgan fingerprint density at radius 3 is 2.95 bits per heavy atom. The van der Waals surface area contributed by atoms with Crippen LogP contribution in [0.15, 0.2) is 41.6 Å². The molecule has 0 bridgehead atoms. The molecule has 0 aliphatic carbocycles. The predicted molar refractivity (Wildman–Crippen MR) is 78.5 cm³/mol. The number of hydrogen-bond acceptors (Lipinski definition) is 5. The first kappa shape index (κ1) is 14.9. The van der Waals surface area contributed by atoms with Gasteiger partial charge in [0.2, 0.25) is 0 Å². The molecule has 0 aliphatic heterocycles. The van der Waals surface area contributed by atoms with Crippen LogP contribution in [0.2, 0.25) is 0 Å². The van der Waals surface area contributed by atoms with E-state index < -0.39 is 5.97 Å². The zero-order chi connectivity index (χ0) is 15.2. The maximum Gasteiger partial charge on any atom is 0.338 e. The number of carboxylic acids is 1. The van der Waals surface area contributed by atoms with Gasteiger partial charge < -0.3 is 9.84 Å². The second-order valence-corrected chi connectivity index (χ2v) is 5.05. The van der Waals surface area contributed by atoms with E-state index in [0.717, 1.165) is 5.56 Å². The molecule has 0 spiro atoms. The molecule has 0 radical (unpaired) electrons. The van der Waals surface area contributed by atoms with Gasteiger partial charge in [-0.25, -0.2) is 9.78 Å². The van der Waals surface area contributed by atoms with E-state index in [9.17, 15) is 4.79 Å². The summed E-state index contributed by atoms with van der Waals surface area (Å²) in [5, 5.41) is 18.5. The van der Waals surface area contributed by atoms with Crippen molar-refractivity contribution in [1.29, 1.82) is 5.26 Å². The number of pyridine rings is 1. The van der Waals surface area contributed by atoms with Crippen LogP contribution in [0, 0.1) is 11.3 Å². The quantitative estimate of drug-likeness (QED) is 0.855. The minimum Gasteiger partial charge on any atom is -0.496 e. The Bertz CT molecular complexity index is 710. The van der Waals surface area contributed by atoms with Crippen molar-refractivity contribution in [2.75, 3.05) is 7.11 Å². The lowest BCUT2D eigenvalue weighted by molar-refractivity contribution is 0.0692. The first-order chi connectivity index (χ1) is 10.2. The summed E-state index contributed by atoms with van der Waals surface area (Å²) in [7, 11) is 1.55. The van der Waals surface area contributed by atoms with Gasteiger partial charge in [-0.05, 0) is 30.3 Å². The van der Waals surface area contributed by atoms with E-state index in [4.69, 9.17) is 15.1 Å². The number of carboxylic acid groups (broad SMARTS) is 1. The zero-order valence-corrected chi connectivity index (χ0v) is 12.1. The predicted octanol–water partition coefficient (Wildman–Crippen LogP) is 2.95. The molecule has 0 saturated heterocycles. The largest absolute Gasteiger partial charge is 0.496 e. The van der Waals surface area contributed by atoms with Crippen molar-refractivity contribution in [3.63, 3.8) is 0 Å². The lowest BCUT2D eigenvalue weighted by Crippen LogP contribution is -2.00. The number of carbonyl (C=O) groups is 1. The molecule has 0 amide bonds. The number of nitrogens with zero attached hydrogens (tertiary/aromatic N) is 2. The van der Waals surface area contributed by atoms with Gasteiger partial charge in [0, 0.05) is 17.5 Å². The minimum absolute atomic E-state index is 0.165. The van der Waals surface area contributed by atoms with Crippen molar-refractivity contribution in [3.05, 3.63) is 53.2 Å². The van der Waals surface area contributed by atoms with Crippen LogP contribution in [0.1, 0.15) is 21.5 Å². The van der Waals surface area contributed by atoms with Gasteiger partial charge in [-0.15, -0.1) is 11.8 Å². The molecule has 0 fully saturated rings. The highest BCUT2D eigenvalue weighted by molar-refractivity contribution is 7.98. The number of ether oxygens (including phenoxy) is 1. The van der Waals surface area contributed by atoms with Crippen LogP contribution in [0.3, 0.4) is 0 Å². The smallest absolute Gasteiger partial charge is 0.338 e. The highest BCUT2D eigenvalue weighted by Gasteiger charge is 2.12. The van der Waals surface area contributed by atoms with E-state index in [1.165, 1.54) is 17.8 Å². The van der Waals surface area contributed by atoms with Crippen LogP contribution in [-0.4, -0.2) is 23.2 Å². The number of methoxy groups -OCH3 is 1. The van der Waals surface area contributed by atoms with Crippen molar-refractivity contribution in [1.82, 2.24) is 4.98 Å². The molecule has 2 aromatic rings. The molecule has 5 nitrogen and oxygen atoms in total. The van der Waals surface area contributed by atoms with Gasteiger partial charge >= 0.3 is 5.97 Å².